The molecule has 2 N–H and O–H groups in total. The molecule has 3 rings (SSSR count). The summed E-state index contributed by atoms with van der Waals surface area (Å²) in [7, 11) is 0. The van der Waals surface area contributed by atoms with Crippen LogP contribution in [0.15, 0.2) is 57.6 Å². The number of thioether (sulfide) groups is 1. The summed E-state index contributed by atoms with van der Waals surface area (Å²) in [6.07, 6.45) is 0.720. The van der Waals surface area contributed by atoms with Crippen LogP contribution in [0.3, 0.4) is 0 Å². The summed E-state index contributed by atoms with van der Waals surface area (Å²) < 4.78 is 26.9. The quantitative estimate of drug-likeness (QED) is 0.462. The number of halogens is 2. The van der Waals surface area contributed by atoms with Crippen LogP contribution in [0.1, 0.15) is 18.0 Å². The number of nitrogens with one attached hydrogen (secondary N) is 2. The number of hydrogen-bond donors (Lipinski definition) is 2. The minimum atomic E-state index is -0.464. The van der Waals surface area contributed by atoms with Crippen molar-refractivity contribution in [2.24, 2.45) is 10.2 Å². The van der Waals surface area contributed by atoms with E-state index in [2.05, 4.69) is 15.5 Å². The van der Waals surface area contributed by atoms with Gasteiger partial charge in [-0.05, 0) is 42.3 Å². The van der Waals surface area contributed by atoms with Gasteiger partial charge in [-0.3, -0.25) is 5.41 Å². The normalized spacial score (nSPS) is 17.0. The first-order valence-corrected chi connectivity index (χ1v) is 8.05. The molecule has 1 atom stereocenters. The lowest BCUT2D eigenvalue weighted by Gasteiger charge is -2.20. The first-order chi connectivity index (χ1) is 11.1. The number of rotatable bonds is 2. The van der Waals surface area contributed by atoms with Crippen LogP contribution in [0.4, 0.5) is 14.5 Å². The Bertz CT molecular complexity index is 763. The molecule has 1 heterocycles. The van der Waals surface area contributed by atoms with Crippen molar-refractivity contribution in [1.29, 1.82) is 5.41 Å². The second-order valence-corrected chi connectivity index (χ2v) is 6.14. The summed E-state index contributed by atoms with van der Waals surface area (Å²) in [4.78, 5) is 0.982. The van der Waals surface area contributed by atoms with Gasteiger partial charge in [-0.15, -0.1) is 16.9 Å². The average Bonchev–Trinajstić information content (AvgIpc) is 2.55. The van der Waals surface area contributed by atoms with Gasteiger partial charge in [0, 0.05) is 10.6 Å². The molecule has 0 radical (unpaired) electrons. The third kappa shape index (κ3) is 3.73. The second kappa shape index (κ2) is 6.87. The van der Waals surface area contributed by atoms with E-state index in [9.17, 15) is 8.78 Å². The van der Waals surface area contributed by atoms with Crippen LogP contribution in [-0.2, 0) is 0 Å². The van der Waals surface area contributed by atoms with Crippen molar-refractivity contribution in [3.8, 4) is 0 Å². The van der Waals surface area contributed by atoms with Gasteiger partial charge < -0.3 is 5.32 Å². The zero-order valence-electron chi connectivity index (χ0n) is 12.1. The Morgan fingerprint density at radius 2 is 2.04 bits per heavy atom. The smallest absolute Gasteiger partial charge is 0.239 e. The SMILES string of the molecule is N=C(N=NC1CCSc2ccc(F)cc21)Nc1ccccc1F. The molecule has 1 aliphatic rings. The standard InChI is InChI=1S/C16H14F2N4S/c17-10-5-6-15-11(9-10)13(7-8-23-15)21-22-16(19)20-14-4-2-1-3-12(14)18/h1-6,9,13H,7-8H2,(H2,19,20). The Hall–Kier alpha value is -2.28. The lowest BCUT2D eigenvalue weighted by atomic mass is 10.0. The molecule has 23 heavy (non-hydrogen) atoms. The number of azo groups is 1. The maximum atomic E-state index is 13.5. The molecule has 2 aromatic carbocycles. The molecule has 0 saturated heterocycles. The first kappa shape index (κ1) is 15.6. The molecule has 0 bridgehead atoms. The largest absolute Gasteiger partial charge is 0.321 e. The van der Waals surface area contributed by atoms with Crippen LogP contribution in [0.25, 0.3) is 0 Å². The molecule has 0 spiro atoms. The van der Waals surface area contributed by atoms with Gasteiger partial charge in [-0.1, -0.05) is 12.1 Å². The van der Waals surface area contributed by atoms with Gasteiger partial charge in [-0.25, -0.2) is 8.78 Å². The third-order valence-electron chi connectivity index (χ3n) is 3.40. The van der Waals surface area contributed by atoms with Crippen molar-refractivity contribution in [3.05, 3.63) is 59.7 Å². The molecule has 0 aliphatic carbocycles. The highest BCUT2D eigenvalue weighted by Crippen LogP contribution is 2.38. The number of nitrogens with zero attached hydrogens (tertiary/aromatic N) is 2. The number of para-hydroxylation sites is 1. The molecule has 0 fully saturated rings. The summed E-state index contributed by atoms with van der Waals surface area (Å²) in [5.41, 5.74) is 0.950. The highest BCUT2D eigenvalue weighted by Gasteiger charge is 2.21. The van der Waals surface area contributed by atoms with E-state index in [1.807, 2.05) is 0 Å². The van der Waals surface area contributed by atoms with Gasteiger partial charge >= 0.3 is 0 Å². The number of benzene rings is 2. The lowest BCUT2D eigenvalue weighted by Crippen LogP contribution is -2.10. The van der Waals surface area contributed by atoms with Crippen LogP contribution >= 0.6 is 11.8 Å². The van der Waals surface area contributed by atoms with E-state index < -0.39 is 5.82 Å². The highest BCUT2D eigenvalue weighted by molar-refractivity contribution is 7.99. The highest BCUT2D eigenvalue weighted by atomic mass is 32.2. The zero-order valence-corrected chi connectivity index (χ0v) is 12.9. The Morgan fingerprint density at radius 3 is 2.87 bits per heavy atom. The number of anilines is 1. The lowest BCUT2D eigenvalue weighted by molar-refractivity contribution is 0.603. The van der Waals surface area contributed by atoms with E-state index in [4.69, 9.17) is 5.41 Å². The van der Waals surface area contributed by atoms with E-state index in [0.717, 1.165) is 22.6 Å². The van der Waals surface area contributed by atoms with Gasteiger partial charge in [0.2, 0.25) is 5.96 Å². The van der Waals surface area contributed by atoms with E-state index in [-0.39, 0.29) is 23.5 Å². The van der Waals surface area contributed by atoms with Crippen molar-refractivity contribution < 1.29 is 8.78 Å². The van der Waals surface area contributed by atoms with Crippen LogP contribution < -0.4 is 5.32 Å². The number of guanidine groups is 1. The average molecular weight is 332 g/mol. The minimum absolute atomic E-state index is 0.169. The summed E-state index contributed by atoms with van der Waals surface area (Å²) >= 11 is 1.65. The maximum Gasteiger partial charge on any atom is 0.239 e. The first-order valence-electron chi connectivity index (χ1n) is 7.06. The van der Waals surface area contributed by atoms with Crippen LogP contribution in [0.5, 0.6) is 0 Å². The third-order valence-corrected chi connectivity index (χ3v) is 4.53. The molecule has 7 heteroatoms. The van der Waals surface area contributed by atoms with Crippen molar-refractivity contribution in [2.45, 2.75) is 17.4 Å². The van der Waals surface area contributed by atoms with Crippen LogP contribution in [-0.4, -0.2) is 11.7 Å². The fourth-order valence-corrected chi connectivity index (χ4v) is 3.40. The van der Waals surface area contributed by atoms with Crippen LogP contribution in [0.2, 0.25) is 0 Å². The van der Waals surface area contributed by atoms with Crippen LogP contribution in [0, 0.1) is 17.0 Å². The van der Waals surface area contributed by atoms with E-state index in [1.165, 1.54) is 24.3 Å². The summed E-state index contributed by atoms with van der Waals surface area (Å²) in [6.45, 7) is 0. The summed E-state index contributed by atoms with van der Waals surface area (Å²) in [6, 6.07) is 10.4. The molecule has 0 aromatic heterocycles. The predicted octanol–water partition coefficient (Wildman–Crippen LogP) is 5.00. The Morgan fingerprint density at radius 1 is 1.22 bits per heavy atom. The number of hydrogen-bond acceptors (Lipinski definition) is 3. The zero-order chi connectivity index (χ0) is 16.2. The van der Waals surface area contributed by atoms with Gasteiger partial charge in [0.1, 0.15) is 11.6 Å². The molecular formula is C16H14F2N4S. The molecule has 0 amide bonds. The van der Waals surface area contributed by atoms with Crippen molar-refractivity contribution in [1.82, 2.24) is 0 Å². The maximum absolute atomic E-state index is 13.5. The van der Waals surface area contributed by atoms with Crippen molar-refractivity contribution in [2.75, 3.05) is 11.1 Å². The molecule has 2 aromatic rings. The molecule has 1 unspecified atom stereocenters. The summed E-state index contributed by atoms with van der Waals surface area (Å²) in [5.74, 6) is -0.178. The second-order valence-electron chi connectivity index (χ2n) is 5.00. The molecule has 118 valence electrons. The van der Waals surface area contributed by atoms with E-state index in [1.54, 1.807) is 30.0 Å². The Labute approximate surface area is 136 Å². The Kier molecular flexibility index (Phi) is 4.66. The fraction of sp³-hybridized carbons (Fsp3) is 0.188. The van der Waals surface area contributed by atoms with Gasteiger partial charge in [0.05, 0.1) is 11.7 Å². The Balaban J connectivity index is 1.73. The molecular weight excluding hydrogens is 318 g/mol. The summed E-state index contributed by atoms with van der Waals surface area (Å²) in [5, 5.41) is 18.2. The van der Waals surface area contributed by atoms with Gasteiger partial charge in [0.15, 0.2) is 0 Å². The van der Waals surface area contributed by atoms with Crippen molar-refractivity contribution >= 4 is 23.4 Å². The van der Waals surface area contributed by atoms with Gasteiger partial charge in [-0.2, -0.15) is 5.11 Å². The van der Waals surface area contributed by atoms with E-state index >= 15 is 0 Å². The number of fused-ring (bicyclic) bond motifs is 1. The predicted molar refractivity (Wildman–Crippen MR) is 87.1 cm³/mol. The molecule has 1 aliphatic heterocycles. The minimum Gasteiger partial charge on any atom is -0.321 e. The molecule has 0 saturated carbocycles. The fourth-order valence-electron chi connectivity index (χ4n) is 2.31. The van der Waals surface area contributed by atoms with Gasteiger partial charge in [0.25, 0.3) is 0 Å². The monoisotopic (exact) mass is 332 g/mol. The molecule has 4 nitrogen and oxygen atoms in total. The topological polar surface area (TPSA) is 60.6 Å². The van der Waals surface area contributed by atoms with Crippen molar-refractivity contribution in [3.63, 3.8) is 0 Å². The van der Waals surface area contributed by atoms with E-state index in [0.29, 0.717) is 0 Å².